The standard InChI is InChI=1S/C22H25N/c1-6-8-21(15-17(2)3)23(20-13-11-18(4)12-14-20)22-10-7-9-19(5)16-22/h6-16H,1H2,2-5H3/b21-8+. The third-order valence-electron chi connectivity index (χ3n) is 3.54. The molecule has 0 atom stereocenters. The monoisotopic (exact) mass is 303 g/mol. The number of hydrogen-bond acceptors (Lipinski definition) is 1. The molecule has 0 aliphatic heterocycles. The first-order valence-electron chi connectivity index (χ1n) is 7.92. The topological polar surface area (TPSA) is 3.24 Å². The molecule has 0 saturated heterocycles. The molecule has 0 radical (unpaired) electrons. The van der Waals surface area contributed by atoms with Crippen molar-refractivity contribution in [3.63, 3.8) is 0 Å². The Balaban J connectivity index is 2.63. The Labute approximate surface area is 140 Å². The van der Waals surface area contributed by atoms with Crippen LogP contribution < -0.4 is 4.90 Å². The minimum atomic E-state index is 1.11. The number of anilines is 2. The van der Waals surface area contributed by atoms with Gasteiger partial charge in [-0.05, 0) is 69.7 Å². The summed E-state index contributed by atoms with van der Waals surface area (Å²) in [6.07, 6.45) is 6.07. The van der Waals surface area contributed by atoms with E-state index in [4.69, 9.17) is 0 Å². The van der Waals surface area contributed by atoms with Gasteiger partial charge in [-0.15, -0.1) is 0 Å². The van der Waals surface area contributed by atoms with E-state index in [2.05, 4.69) is 99.9 Å². The lowest BCUT2D eigenvalue weighted by atomic mass is 10.1. The number of rotatable bonds is 5. The summed E-state index contributed by atoms with van der Waals surface area (Å²) in [6, 6.07) is 17.2. The minimum Gasteiger partial charge on any atom is -0.310 e. The summed E-state index contributed by atoms with van der Waals surface area (Å²) in [5, 5.41) is 0. The molecule has 1 heteroatoms. The molecule has 2 aromatic carbocycles. The summed E-state index contributed by atoms with van der Waals surface area (Å²) in [5.41, 5.74) is 7.16. The maximum absolute atomic E-state index is 3.88. The molecule has 0 N–H and O–H groups in total. The van der Waals surface area contributed by atoms with Crippen LogP contribution in [-0.2, 0) is 0 Å². The molecule has 0 aliphatic rings. The van der Waals surface area contributed by atoms with Gasteiger partial charge in [-0.3, -0.25) is 0 Å². The number of hydrogen-bond donors (Lipinski definition) is 0. The highest BCUT2D eigenvalue weighted by Gasteiger charge is 2.13. The van der Waals surface area contributed by atoms with Crippen LogP contribution in [0.25, 0.3) is 0 Å². The average molecular weight is 303 g/mol. The smallest absolute Gasteiger partial charge is 0.0464 e. The molecule has 23 heavy (non-hydrogen) atoms. The lowest BCUT2D eigenvalue weighted by molar-refractivity contribution is 1.18. The molecule has 2 aromatic rings. The highest BCUT2D eigenvalue weighted by Crippen LogP contribution is 2.31. The summed E-state index contributed by atoms with van der Waals surface area (Å²) < 4.78 is 0. The molecule has 0 aromatic heterocycles. The van der Waals surface area contributed by atoms with E-state index >= 15 is 0 Å². The zero-order chi connectivity index (χ0) is 16.8. The van der Waals surface area contributed by atoms with E-state index < -0.39 is 0 Å². The SMILES string of the molecule is C=C/C=C(\C=C(C)C)N(c1ccc(C)cc1)c1cccc(C)c1. The molecule has 0 fully saturated rings. The quantitative estimate of drug-likeness (QED) is 0.571. The fraction of sp³-hybridized carbons (Fsp3) is 0.182. The van der Waals surface area contributed by atoms with Crippen LogP contribution in [0.3, 0.4) is 0 Å². The van der Waals surface area contributed by atoms with E-state index in [0.29, 0.717) is 0 Å². The second kappa shape index (κ2) is 7.64. The van der Waals surface area contributed by atoms with Crippen molar-refractivity contribution in [2.75, 3.05) is 4.90 Å². The van der Waals surface area contributed by atoms with E-state index in [1.54, 1.807) is 0 Å². The zero-order valence-electron chi connectivity index (χ0n) is 14.5. The second-order valence-corrected chi connectivity index (χ2v) is 6.06. The van der Waals surface area contributed by atoms with Crippen LogP contribution in [-0.4, -0.2) is 0 Å². The van der Waals surface area contributed by atoms with Crippen LogP contribution in [0.1, 0.15) is 25.0 Å². The van der Waals surface area contributed by atoms with Gasteiger partial charge >= 0.3 is 0 Å². The number of benzene rings is 2. The molecule has 2 rings (SSSR count). The Hall–Kier alpha value is -2.54. The zero-order valence-corrected chi connectivity index (χ0v) is 14.5. The third kappa shape index (κ3) is 4.46. The maximum Gasteiger partial charge on any atom is 0.0464 e. The molecular formula is C22H25N. The van der Waals surface area contributed by atoms with E-state index in [9.17, 15) is 0 Å². The molecule has 1 nitrogen and oxygen atoms in total. The molecule has 0 amide bonds. The average Bonchev–Trinajstić information content (AvgIpc) is 2.49. The summed E-state index contributed by atoms with van der Waals surface area (Å²) in [4.78, 5) is 2.26. The Bertz CT molecular complexity index is 729. The lowest BCUT2D eigenvalue weighted by Crippen LogP contribution is -2.15. The molecule has 0 saturated carbocycles. The molecule has 0 spiro atoms. The molecule has 118 valence electrons. The van der Waals surface area contributed by atoms with Gasteiger partial charge in [0.05, 0.1) is 0 Å². The van der Waals surface area contributed by atoms with Crippen LogP contribution in [0.4, 0.5) is 11.4 Å². The summed E-state index contributed by atoms with van der Waals surface area (Å²) in [5.74, 6) is 0. The van der Waals surface area contributed by atoms with Crippen LogP contribution >= 0.6 is 0 Å². The summed E-state index contributed by atoms with van der Waals surface area (Å²) in [7, 11) is 0. The van der Waals surface area contributed by atoms with Gasteiger partial charge in [0.2, 0.25) is 0 Å². The molecule has 0 bridgehead atoms. The Morgan fingerprint density at radius 3 is 2.17 bits per heavy atom. The van der Waals surface area contributed by atoms with Crippen LogP contribution in [0.15, 0.2) is 84.6 Å². The molecular weight excluding hydrogens is 278 g/mol. The van der Waals surface area contributed by atoms with E-state index in [0.717, 1.165) is 17.1 Å². The maximum atomic E-state index is 3.88. The van der Waals surface area contributed by atoms with Crippen LogP contribution in [0, 0.1) is 13.8 Å². The largest absolute Gasteiger partial charge is 0.310 e. The van der Waals surface area contributed by atoms with Gasteiger partial charge in [-0.1, -0.05) is 48.1 Å². The van der Waals surface area contributed by atoms with Crippen molar-refractivity contribution < 1.29 is 0 Å². The van der Waals surface area contributed by atoms with Gasteiger partial charge in [-0.25, -0.2) is 0 Å². The van der Waals surface area contributed by atoms with Crippen molar-refractivity contribution >= 4 is 11.4 Å². The van der Waals surface area contributed by atoms with Gasteiger partial charge in [0, 0.05) is 17.1 Å². The van der Waals surface area contributed by atoms with Gasteiger partial charge in [0.25, 0.3) is 0 Å². The van der Waals surface area contributed by atoms with Gasteiger partial charge in [0.1, 0.15) is 0 Å². The minimum absolute atomic E-state index is 1.11. The lowest BCUT2D eigenvalue weighted by Gasteiger charge is -2.27. The van der Waals surface area contributed by atoms with Gasteiger partial charge < -0.3 is 4.90 Å². The van der Waals surface area contributed by atoms with Gasteiger partial charge in [0.15, 0.2) is 0 Å². The van der Waals surface area contributed by atoms with E-state index in [-0.39, 0.29) is 0 Å². The summed E-state index contributed by atoms with van der Waals surface area (Å²) >= 11 is 0. The molecule has 0 aliphatic carbocycles. The molecule has 0 unspecified atom stereocenters. The van der Waals surface area contributed by atoms with Crippen molar-refractivity contribution in [3.05, 3.63) is 95.7 Å². The Morgan fingerprint density at radius 1 is 0.913 bits per heavy atom. The van der Waals surface area contributed by atoms with Crippen molar-refractivity contribution in [1.29, 1.82) is 0 Å². The Morgan fingerprint density at radius 2 is 1.61 bits per heavy atom. The van der Waals surface area contributed by atoms with Gasteiger partial charge in [-0.2, -0.15) is 0 Å². The fourth-order valence-corrected chi connectivity index (χ4v) is 2.51. The normalized spacial score (nSPS) is 11.0. The first kappa shape index (κ1) is 16.8. The third-order valence-corrected chi connectivity index (χ3v) is 3.54. The van der Waals surface area contributed by atoms with Crippen molar-refractivity contribution in [2.45, 2.75) is 27.7 Å². The molecule has 0 heterocycles. The van der Waals surface area contributed by atoms with Crippen LogP contribution in [0.2, 0.25) is 0 Å². The van der Waals surface area contributed by atoms with Crippen LogP contribution in [0.5, 0.6) is 0 Å². The predicted octanol–water partition coefficient (Wildman–Crippen LogP) is 6.48. The summed E-state index contributed by atoms with van der Waals surface area (Å²) in [6.45, 7) is 12.3. The number of aryl methyl sites for hydroxylation is 2. The number of allylic oxidation sites excluding steroid dienone is 4. The van der Waals surface area contributed by atoms with E-state index in [1.165, 1.54) is 16.7 Å². The first-order valence-corrected chi connectivity index (χ1v) is 7.92. The first-order chi connectivity index (χ1) is 11.0. The van der Waals surface area contributed by atoms with E-state index in [1.807, 2.05) is 6.08 Å². The highest BCUT2D eigenvalue weighted by atomic mass is 15.1. The second-order valence-electron chi connectivity index (χ2n) is 6.06. The Kier molecular flexibility index (Phi) is 5.59. The highest BCUT2D eigenvalue weighted by molar-refractivity contribution is 5.71. The predicted molar refractivity (Wildman–Crippen MR) is 102 cm³/mol. The van der Waals surface area contributed by atoms with Crippen molar-refractivity contribution in [3.8, 4) is 0 Å². The van der Waals surface area contributed by atoms with Crippen molar-refractivity contribution in [2.24, 2.45) is 0 Å². The fourth-order valence-electron chi connectivity index (χ4n) is 2.51. The number of nitrogens with zero attached hydrogens (tertiary/aromatic N) is 1. The van der Waals surface area contributed by atoms with Crippen molar-refractivity contribution in [1.82, 2.24) is 0 Å².